The Morgan fingerprint density at radius 1 is 1.29 bits per heavy atom. The smallest absolute Gasteiger partial charge is 0.221 e. The van der Waals surface area contributed by atoms with Crippen LogP contribution in [0.15, 0.2) is 0 Å². The number of unbranched alkanes of at least 4 members (excludes halogenated alkanes) is 2. The van der Waals surface area contributed by atoms with E-state index in [1.807, 2.05) is 0 Å². The van der Waals surface area contributed by atoms with Crippen LogP contribution in [-0.2, 0) is 4.79 Å². The van der Waals surface area contributed by atoms with E-state index in [1.54, 1.807) is 0 Å². The molecule has 1 amide bonds. The summed E-state index contributed by atoms with van der Waals surface area (Å²) in [7, 11) is 0. The van der Waals surface area contributed by atoms with Crippen molar-refractivity contribution in [3.05, 3.63) is 0 Å². The van der Waals surface area contributed by atoms with Crippen LogP contribution >= 0.6 is 0 Å². The third kappa shape index (κ3) is 9.52. The predicted molar refractivity (Wildman–Crippen MR) is 64.5 cm³/mol. The number of nitrogens with one attached hydrogen (secondary N) is 2. The standard InChI is InChI=1S/C11H24N2O.2H2/c1-4-5-6-8-13-11(14)7-9-12-10(2)3;;/h10,12H,4-9H2,1-3H3,(H,13,14);2*1H. The van der Waals surface area contributed by atoms with Crippen molar-refractivity contribution >= 4 is 5.91 Å². The van der Waals surface area contributed by atoms with Gasteiger partial charge in [0, 0.05) is 28.4 Å². The van der Waals surface area contributed by atoms with Gasteiger partial charge < -0.3 is 10.6 Å². The van der Waals surface area contributed by atoms with Gasteiger partial charge in [-0.25, -0.2) is 0 Å². The fourth-order valence-corrected chi connectivity index (χ4v) is 1.17. The molecule has 0 spiro atoms. The van der Waals surface area contributed by atoms with Crippen molar-refractivity contribution in [3.8, 4) is 0 Å². The lowest BCUT2D eigenvalue weighted by Gasteiger charge is -2.08. The summed E-state index contributed by atoms with van der Waals surface area (Å²) in [6, 6.07) is 0.461. The Labute approximate surface area is 90.6 Å². The molecular weight excluding hydrogens is 176 g/mol. The highest BCUT2D eigenvalue weighted by molar-refractivity contribution is 5.75. The van der Waals surface area contributed by atoms with Crippen LogP contribution in [0, 0.1) is 0 Å². The van der Waals surface area contributed by atoms with Crippen LogP contribution in [0.2, 0.25) is 0 Å². The maximum atomic E-state index is 11.2. The van der Waals surface area contributed by atoms with Crippen molar-refractivity contribution in [2.45, 2.75) is 52.5 Å². The summed E-state index contributed by atoms with van der Waals surface area (Å²) < 4.78 is 0. The zero-order valence-electron chi connectivity index (χ0n) is 9.73. The molecule has 0 aliphatic heterocycles. The van der Waals surface area contributed by atoms with Crippen molar-refractivity contribution in [2.24, 2.45) is 0 Å². The summed E-state index contributed by atoms with van der Waals surface area (Å²) in [5.74, 6) is 0.161. The molecule has 3 nitrogen and oxygen atoms in total. The fraction of sp³-hybridized carbons (Fsp3) is 0.909. The molecule has 0 aromatic heterocycles. The summed E-state index contributed by atoms with van der Waals surface area (Å²) in [6.45, 7) is 7.93. The van der Waals surface area contributed by atoms with Crippen molar-refractivity contribution in [3.63, 3.8) is 0 Å². The summed E-state index contributed by atoms with van der Waals surface area (Å²) in [5.41, 5.74) is 0. The molecule has 3 heteroatoms. The Hall–Kier alpha value is -0.570. The van der Waals surface area contributed by atoms with Crippen LogP contribution in [0.25, 0.3) is 0 Å². The number of carbonyl (C=O) groups is 1. The van der Waals surface area contributed by atoms with Crippen molar-refractivity contribution < 1.29 is 7.65 Å². The van der Waals surface area contributed by atoms with Crippen LogP contribution < -0.4 is 10.6 Å². The monoisotopic (exact) mass is 204 g/mol. The first-order chi connectivity index (χ1) is 6.66. The predicted octanol–water partition coefficient (Wildman–Crippen LogP) is 2.17. The third-order valence-electron chi connectivity index (χ3n) is 2.01. The molecule has 0 aromatic carbocycles. The molecule has 0 saturated heterocycles. The average molecular weight is 204 g/mol. The first-order valence-electron chi connectivity index (χ1n) is 5.67. The molecule has 0 heterocycles. The molecule has 0 atom stereocenters. The Balaban J connectivity index is -0.000000845. The number of hydrogen-bond donors (Lipinski definition) is 2. The number of carbonyl (C=O) groups excluding carboxylic acids is 1. The quantitative estimate of drug-likeness (QED) is 0.595. The molecule has 0 aliphatic rings. The first-order valence-corrected chi connectivity index (χ1v) is 5.67. The van der Waals surface area contributed by atoms with E-state index < -0.39 is 0 Å². The molecular formula is C11H28N2O. The molecule has 0 bridgehead atoms. The van der Waals surface area contributed by atoms with E-state index in [0.29, 0.717) is 12.5 Å². The Bertz CT molecular complexity index is 155. The average Bonchev–Trinajstić information content (AvgIpc) is 2.12. The van der Waals surface area contributed by atoms with Gasteiger partial charge in [0.05, 0.1) is 0 Å². The third-order valence-corrected chi connectivity index (χ3v) is 2.01. The van der Waals surface area contributed by atoms with Gasteiger partial charge in [-0.2, -0.15) is 0 Å². The molecule has 0 unspecified atom stereocenters. The molecule has 0 fully saturated rings. The first kappa shape index (κ1) is 13.4. The van der Waals surface area contributed by atoms with Crippen LogP contribution in [-0.4, -0.2) is 25.0 Å². The van der Waals surface area contributed by atoms with Gasteiger partial charge in [-0.3, -0.25) is 4.79 Å². The van der Waals surface area contributed by atoms with Crippen LogP contribution in [0.5, 0.6) is 0 Å². The molecule has 0 aliphatic carbocycles. The van der Waals surface area contributed by atoms with Gasteiger partial charge in [0.25, 0.3) is 0 Å². The van der Waals surface area contributed by atoms with Gasteiger partial charge in [-0.05, 0) is 6.42 Å². The fourth-order valence-electron chi connectivity index (χ4n) is 1.17. The summed E-state index contributed by atoms with van der Waals surface area (Å²) >= 11 is 0. The van der Waals surface area contributed by atoms with Gasteiger partial charge >= 0.3 is 0 Å². The minimum absolute atomic E-state index is 0. The maximum absolute atomic E-state index is 11.2. The SMILES string of the molecule is CCCCCNC(=O)CCNC(C)C.[HH].[HH]. The maximum Gasteiger partial charge on any atom is 0.221 e. The highest BCUT2D eigenvalue weighted by Gasteiger charge is 2.00. The molecule has 2 N–H and O–H groups in total. The molecule has 0 aromatic rings. The number of amides is 1. The Morgan fingerprint density at radius 2 is 2.00 bits per heavy atom. The van der Waals surface area contributed by atoms with Gasteiger partial charge in [-0.1, -0.05) is 33.6 Å². The lowest BCUT2D eigenvalue weighted by atomic mass is 10.2. The van der Waals surface area contributed by atoms with E-state index in [4.69, 9.17) is 0 Å². The minimum atomic E-state index is 0. The summed E-state index contributed by atoms with van der Waals surface area (Å²) in [6.07, 6.45) is 4.08. The summed E-state index contributed by atoms with van der Waals surface area (Å²) in [4.78, 5) is 11.2. The van der Waals surface area contributed by atoms with E-state index in [-0.39, 0.29) is 8.76 Å². The van der Waals surface area contributed by atoms with Gasteiger partial charge in [-0.15, -0.1) is 0 Å². The van der Waals surface area contributed by atoms with Crippen molar-refractivity contribution in [1.29, 1.82) is 0 Å². The van der Waals surface area contributed by atoms with Gasteiger partial charge in [0.1, 0.15) is 0 Å². The van der Waals surface area contributed by atoms with Crippen LogP contribution in [0.4, 0.5) is 0 Å². The van der Waals surface area contributed by atoms with Crippen LogP contribution in [0.3, 0.4) is 0 Å². The Kier molecular flexibility index (Phi) is 8.64. The highest BCUT2D eigenvalue weighted by atomic mass is 16.1. The largest absolute Gasteiger partial charge is 0.356 e. The second kappa shape index (κ2) is 9.00. The summed E-state index contributed by atoms with van der Waals surface area (Å²) in [5, 5.41) is 6.13. The minimum Gasteiger partial charge on any atom is -0.356 e. The van der Waals surface area contributed by atoms with E-state index >= 15 is 0 Å². The van der Waals surface area contributed by atoms with Gasteiger partial charge in [0.15, 0.2) is 0 Å². The lowest BCUT2D eigenvalue weighted by molar-refractivity contribution is -0.121. The highest BCUT2D eigenvalue weighted by Crippen LogP contribution is 1.91. The zero-order valence-corrected chi connectivity index (χ0v) is 9.73. The molecule has 0 saturated carbocycles. The van der Waals surface area contributed by atoms with E-state index in [1.165, 1.54) is 12.8 Å². The van der Waals surface area contributed by atoms with E-state index in [2.05, 4.69) is 31.4 Å². The number of rotatable bonds is 8. The molecule has 0 radical (unpaired) electrons. The second-order valence-corrected chi connectivity index (χ2v) is 3.92. The van der Waals surface area contributed by atoms with Crippen LogP contribution in [0.1, 0.15) is 49.3 Å². The normalized spacial score (nSPS) is 10.6. The zero-order chi connectivity index (χ0) is 10.8. The molecule has 0 rings (SSSR count). The lowest BCUT2D eigenvalue weighted by Crippen LogP contribution is -2.31. The Morgan fingerprint density at radius 3 is 2.57 bits per heavy atom. The number of hydrogen-bond acceptors (Lipinski definition) is 2. The van der Waals surface area contributed by atoms with Crippen molar-refractivity contribution in [1.82, 2.24) is 10.6 Å². The van der Waals surface area contributed by atoms with E-state index in [9.17, 15) is 4.79 Å². The topological polar surface area (TPSA) is 41.1 Å². The second-order valence-electron chi connectivity index (χ2n) is 3.92. The van der Waals surface area contributed by atoms with Gasteiger partial charge in [0.2, 0.25) is 5.91 Å². The van der Waals surface area contributed by atoms with Crippen molar-refractivity contribution in [2.75, 3.05) is 13.1 Å². The van der Waals surface area contributed by atoms with E-state index in [0.717, 1.165) is 19.5 Å². The molecule has 88 valence electrons. The molecule has 14 heavy (non-hydrogen) atoms.